The third-order valence-corrected chi connectivity index (χ3v) is 2.99. The number of nitrogens with one attached hydrogen (secondary N) is 2. The summed E-state index contributed by atoms with van der Waals surface area (Å²) in [5.74, 6) is -0.457. The quantitative estimate of drug-likeness (QED) is 0.633. The summed E-state index contributed by atoms with van der Waals surface area (Å²) in [6.45, 7) is 2.25. The van der Waals surface area contributed by atoms with Crippen molar-refractivity contribution in [1.29, 1.82) is 0 Å². The van der Waals surface area contributed by atoms with Crippen molar-refractivity contribution in [2.24, 2.45) is 0 Å². The highest BCUT2D eigenvalue weighted by Gasteiger charge is 2.16. The molecule has 22 heavy (non-hydrogen) atoms. The van der Waals surface area contributed by atoms with Crippen molar-refractivity contribution in [3.8, 4) is 11.5 Å². The molecule has 0 aliphatic carbocycles. The first-order valence-electron chi connectivity index (χ1n) is 6.99. The molecule has 1 unspecified atom stereocenters. The number of aliphatic hydroxyl groups is 1. The summed E-state index contributed by atoms with van der Waals surface area (Å²) in [6.07, 6.45) is -0.212. The Balaban J connectivity index is 2.60. The number of ether oxygens (including phenoxy) is 2. The molecule has 1 aromatic rings. The summed E-state index contributed by atoms with van der Waals surface area (Å²) in [7, 11) is 3.01. The Morgan fingerprint density at radius 1 is 1.14 bits per heavy atom. The van der Waals surface area contributed by atoms with Crippen LogP contribution >= 0.6 is 0 Å². The molecule has 0 radical (unpaired) electrons. The van der Waals surface area contributed by atoms with Gasteiger partial charge in [0.05, 0.1) is 20.3 Å². The van der Waals surface area contributed by atoms with Gasteiger partial charge in [-0.2, -0.15) is 0 Å². The Morgan fingerprint density at radius 3 is 2.36 bits per heavy atom. The lowest BCUT2D eigenvalue weighted by Crippen LogP contribution is -2.41. The molecule has 0 aliphatic heterocycles. The molecule has 3 N–H and O–H groups in total. The fraction of sp³-hybridized carbons (Fsp3) is 0.467. The first-order chi connectivity index (χ1) is 10.5. The number of carbonyl (C=O) groups is 2. The first kappa shape index (κ1) is 17.8. The summed E-state index contributed by atoms with van der Waals surface area (Å²) in [4.78, 5) is 22.9. The molecule has 122 valence electrons. The predicted octanol–water partition coefficient (Wildman–Crippen LogP) is 0.380. The van der Waals surface area contributed by atoms with E-state index in [-0.39, 0.29) is 6.54 Å². The van der Waals surface area contributed by atoms with E-state index in [0.717, 1.165) is 6.42 Å². The highest BCUT2D eigenvalue weighted by Crippen LogP contribution is 2.29. The number of aliphatic hydroxyl groups excluding tert-OH is 1. The second-order valence-electron chi connectivity index (χ2n) is 4.60. The van der Waals surface area contributed by atoms with Crippen LogP contribution < -0.4 is 20.1 Å². The van der Waals surface area contributed by atoms with Gasteiger partial charge in [-0.15, -0.1) is 0 Å². The summed E-state index contributed by atoms with van der Waals surface area (Å²) in [6, 6.07) is 4.94. The number of hydrogen-bond acceptors (Lipinski definition) is 5. The van der Waals surface area contributed by atoms with Crippen molar-refractivity contribution in [2.45, 2.75) is 19.4 Å². The molecule has 1 rings (SSSR count). The van der Waals surface area contributed by atoms with Gasteiger partial charge in [0.15, 0.2) is 11.5 Å². The zero-order valence-electron chi connectivity index (χ0n) is 13.0. The SMILES string of the molecule is CCCNC(=O)C(=O)NCC(O)c1ccc(OC)c(OC)c1. The second-order valence-corrected chi connectivity index (χ2v) is 4.60. The van der Waals surface area contributed by atoms with Crippen molar-refractivity contribution in [2.75, 3.05) is 27.3 Å². The summed E-state index contributed by atoms with van der Waals surface area (Å²) in [5, 5.41) is 14.9. The van der Waals surface area contributed by atoms with Crippen LogP contribution in [0.4, 0.5) is 0 Å². The number of carbonyl (C=O) groups excluding carboxylic acids is 2. The standard InChI is InChI=1S/C15H22N2O5/c1-4-7-16-14(19)15(20)17-9-11(18)10-5-6-12(21-2)13(8-10)22-3/h5-6,8,11,18H,4,7,9H2,1-3H3,(H,16,19)(H,17,20). The van der Waals surface area contributed by atoms with E-state index >= 15 is 0 Å². The molecule has 0 spiro atoms. The Morgan fingerprint density at radius 2 is 1.77 bits per heavy atom. The van der Waals surface area contributed by atoms with Crippen molar-refractivity contribution < 1.29 is 24.2 Å². The largest absolute Gasteiger partial charge is 0.493 e. The van der Waals surface area contributed by atoms with Crippen LogP contribution in [0.15, 0.2) is 18.2 Å². The van der Waals surface area contributed by atoms with E-state index in [1.165, 1.54) is 14.2 Å². The minimum Gasteiger partial charge on any atom is -0.493 e. The molecular weight excluding hydrogens is 288 g/mol. The molecule has 0 bridgehead atoms. The van der Waals surface area contributed by atoms with Crippen LogP contribution in [0, 0.1) is 0 Å². The molecule has 0 fully saturated rings. The van der Waals surface area contributed by atoms with Gasteiger partial charge in [0, 0.05) is 13.1 Å². The van der Waals surface area contributed by atoms with Crippen LogP contribution in [0.5, 0.6) is 11.5 Å². The molecule has 2 amide bonds. The van der Waals surface area contributed by atoms with Gasteiger partial charge in [0.1, 0.15) is 0 Å². The second kappa shape index (κ2) is 8.89. The molecule has 1 atom stereocenters. The van der Waals surface area contributed by atoms with E-state index in [9.17, 15) is 14.7 Å². The fourth-order valence-electron chi connectivity index (χ4n) is 1.77. The van der Waals surface area contributed by atoms with Crippen LogP contribution in [0.3, 0.4) is 0 Å². The molecule has 7 nitrogen and oxygen atoms in total. The first-order valence-corrected chi connectivity index (χ1v) is 6.99. The minimum absolute atomic E-state index is 0.0755. The monoisotopic (exact) mass is 310 g/mol. The minimum atomic E-state index is -0.956. The van der Waals surface area contributed by atoms with Crippen LogP contribution in [-0.2, 0) is 9.59 Å². The smallest absolute Gasteiger partial charge is 0.309 e. The van der Waals surface area contributed by atoms with Crippen LogP contribution in [-0.4, -0.2) is 44.2 Å². The van der Waals surface area contributed by atoms with Gasteiger partial charge < -0.3 is 25.2 Å². The normalized spacial score (nSPS) is 11.5. The Hall–Kier alpha value is -2.28. The number of rotatable bonds is 7. The summed E-state index contributed by atoms with van der Waals surface area (Å²) >= 11 is 0. The zero-order valence-corrected chi connectivity index (χ0v) is 13.0. The van der Waals surface area contributed by atoms with Crippen molar-refractivity contribution in [3.05, 3.63) is 23.8 Å². The van der Waals surface area contributed by atoms with E-state index in [0.29, 0.717) is 23.6 Å². The molecule has 1 aromatic carbocycles. The molecule has 0 aromatic heterocycles. The zero-order chi connectivity index (χ0) is 16.5. The van der Waals surface area contributed by atoms with Gasteiger partial charge in [0.25, 0.3) is 0 Å². The van der Waals surface area contributed by atoms with E-state index in [2.05, 4.69) is 10.6 Å². The van der Waals surface area contributed by atoms with Crippen LogP contribution in [0.25, 0.3) is 0 Å². The highest BCUT2D eigenvalue weighted by atomic mass is 16.5. The topological polar surface area (TPSA) is 96.9 Å². The maximum Gasteiger partial charge on any atom is 0.309 e. The van der Waals surface area contributed by atoms with Gasteiger partial charge in [-0.3, -0.25) is 9.59 Å². The van der Waals surface area contributed by atoms with E-state index in [1.54, 1.807) is 18.2 Å². The van der Waals surface area contributed by atoms with Crippen molar-refractivity contribution >= 4 is 11.8 Å². The lowest BCUT2D eigenvalue weighted by molar-refractivity contribution is -0.139. The van der Waals surface area contributed by atoms with E-state index in [1.807, 2.05) is 6.92 Å². The fourth-order valence-corrected chi connectivity index (χ4v) is 1.77. The molecule has 0 saturated heterocycles. The maximum atomic E-state index is 11.5. The Kier molecular flexibility index (Phi) is 7.18. The van der Waals surface area contributed by atoms with Crippen LogP contribution in [0.2, 0.25) is 0 Å². The molecular formula is C15H22N2O5. The predicted molar refractivity (Wildman–Crippen MR) is 80.8 cm³/mol. The van der Waals surface area contributed by atoms with Gasteiger partial charge in [-0.25, -0.2) is 0 Å². The van der Waals surface area contributed by atoms with Crippen molar-refractivity contribution in [3.63, 3.8) is 0 Å². The third-order valence-electron chi connectivity index (χ3n) is 2.99. The number of methoxy groups -OCH3 is 2. The Bertz CT molecular complexity index is 519. The maximum absolute atomic E-state index is 11.5. The lowest BCUT2D eigenvalue weighted by Gasteiger charge is -2.14. The Labute approximate surface area is 129 Å². The molecule has 0 saturated carbocycles. The van der Waals surface area contributed by atoms with Gasteiger partial charge in [-0.1, -0.05) is 13.0 Å². The van der Waals surface area contributed by atoms with Gasteiger partial charge in [0.2, 0.25) is 0 Å². The van der Waals surface area contributed by atoms with E-state index < -0.39 is 17.9 Å². The number of benzene rings is 1. The van der Waals surface area contributed by atoms with Crippen LogP contribution in [0.1, 0.15) is 25.0 Å². The molecule has 7 heteroatoms. The van der Waals surface area contributed by atoms with Gasteiger partial charge >= 0.3 is 11.8 Å². The van der Waals surface area contributed by atoms with Crippen molar-refractivity contribution in [1.82, 2.24) is 10.6 Å². The lowest BCUT2D eigenvalue weighted by atomic mass is 10.1. The molecule has 0 aliphatic rings. The highest BCUT2D eigenvalue weighted by molar-refractivity contribution is 6.35. The molecule has 0 heterocycles. The summed E-state index contributed by atoms with van der Waals surface area (Å²) < 4.78 is 10.3. The number of hydrogen-bond donors (Lipinski definition) is 3. The van der Waals surface area contributed by atoms with Gasteiger partial charge in [-0.05, 0) is 24.1 Å². The summed E-state index contributed by atoms with van der Waals surface area (Å²) in [5.41, 5.74) is 0.548. The van der Waals surface area contributed by atoms with E-state index in [4.69, 9.17) is 9.47 Å². The average molecular weight is 310 g/mol. The average Bonchev–Trinajstić information content (AvgIpc) is 2.56. The number of amides is 2. The third kappa shape index (κ3) is 4.92.